The standard InChI is InChI=1S/C11H17N3S/c1-5-11(3,4)7-13-10-9(6-12)8(2)14-15-10/h13H,5,7H2,1-4H3. The highest BCUT2D eigenvalue weighted by atomic mass is 32.1. The van der Waals surface area contributed by atoms with E-state index in [1.165, 1.54) is 11.5 Å². The second-order valence-electron chi connectivity index (χ2n) is 4.46. The van der Waals surface area contributed by atoms with Crippen LogP contribution in [0, 0.1) is 23.7 Å². The molecule has 0 aliphatic rings. The van der Waals surface area contributed by atoms with Crippen LogP contribution in [0.2, 0.25) is 0 Å². The van der Waals surface area contributed by atoms with Crippen molar-refractivity contribution in [3.8, 4) is 6.07 Å². The zero-order valence-electron chi connectivity index (χ0n) is 9.72. The molecule has 0 unspecified atom stereocenters. The Hall–Kier alpha value is -1.08. The first kappa shape index (κ1) is 12.0. The van der Waals surface area contributed by atoms with Gasteiger partial charge in [-0.3, -0.25) is 0 Å². The van der Waals surface area contributed by atoms with Gasteiger partial charge in [0.15, 0.2) is 0 Å². The fraction of sp³-hybridized carbons (Fsp3) is 0.636. The van der Waals surface area contributed by atoms with Gasteiger partial charge >= 0.3 is 0 Å². The predicted molar refractivity (Wildman–Crippen MR) is 64.1 cm³/mol. The van der Waals surface area contributed by atoms with Crippen molar-refractivity contribution in [2.24, 2.45) is 5.41 Å². The highest BCUT2D eigenvalue weighted by molar-refractivity contribution is 7.10. The number of aromatic nitrogens is 1. The zero-order chi connectivity index (χ0) is 11.5. The van der Waals surface area contributed by atoms with Crippen LogP contribution in [-0.2, 0) is 0 Å². The van der Waals surface area contributed by atoms with Crippen LogP contribution in [0.5, 0.6) is 0 Å². The molecule has 1 rings (SSSR count). The van der Waals surface area contributed by atoms with Gasteiger partial charge in [0, 0.05) is 6.54 Å². The quantitative estimate of drug-likeness (QED) is 0.853. The molecule has 0 saturated carbocycles. The van der Waals surface area contributed by atoms with Crippen LogP contribution in [0.3, 0.4) is 0 Å². The van der Waals surface area contributed by atoms with E-state index in [0.29, 0.717) is 5.56 Å². The van der Waals surface area contributed by atoms with Crippen LogP contribution >= 0.6 is 11.5 Å². The molecule has 15 heavy (non-hydrogen) atoms. The summed E-state index contributed by atoms with van der Waals surface area (Å²) in [7, 11) is 0. The Balaban J connectivity index is 2.71. The molecule has 3 nitrogen and oxygen atoms in total. The van der Waals surface area contributed by atoms with Crippen LogP contribution in [0.4, 0.5) is 5.00 Å². The number of rotatable bonds is 4. The number of nitriles is 1. The van der Waals surface area contributed by atoms with Crippen LogP contribution in [-0.4, -0.2) is 10.9 Å². The van der Waals surface area contributed by atoms with Crippen molar-refractivity contribution in [1.82, 2.24) is 4.37 Å². The molecule has 4 heteroatoms. The van der Waals surface area contributed by atoms with Crippen molar-refractivity contribution >= 4 is 16.5 Å². The summed E-state index contributed by atoms with van der Waals surface area (Å²) in [5, 5.41) is 13.2. The van der Waals surface area contributed by atoms with Crippen molar-refractivity contribution in [2.45, 2.75) is 34.1 Å². The normalized spacial score (nSPS) is 11.1. The maximum absolute atomic E-state index is 8.95. The van der Waals surface area contributed by atoms with Gasteiger partial charge in [0.05, 0.1) is 5.69 Å². The van der Waals surface area contributed by atoms with Gasteiger partial charge in [-0.05, 0) is 30.3 Å². The van der Waals surface area contributed by atoms with E-state index in [2.05, 4.69) is 36.5 Å². The number of nitrogens with one attached hydrogen (secondary N) is 1. The summed E-state index contributed by atoms with van der Waals surface area (Å²) in [6.45, 7) is 9.33. The Labute approximate surface area is 95.3 Å². The van der Waals surface area contributed by atoms with Crippen molar-refractivity contribution in [3.05, 3.63) is 11.3 Å². The lowest BCUT2D eigenvalue weighted by atomic mass is 9.90. The monoisotopic (exact) mass is 223 g/mol. The van der Waals surface area contributed by atoms with E-state index >= 15 is 0 Å². The average Bonchev–Trinajstić information content (AvgIpc) is 2.56. The Morgan fingerprint density at radius 1 is 1.53 bits per heavy atom. The van der Waals surface area contributed by atoms with Crippen LogP contribution in [0.15, 0.2) is 0 Å². The third-order valence-corrected chi connectivity index (χ3v) is 3.56. The molecule has 0 fully saturated rings. The van der Waals surface area contributed by atoms with E-state index in [9.17, 15) is 0 Å². The molecule has 0 aliphatic carbocycles. The van der Waals surface area contributed by atoms with Crippen LogP contribution in [0.25, 0.3) is 0 Å². The smallest absolute Gasteiger partial charge is 0.127 e. The molecular formula is C11H17N3S. The van der Waals surface area contributed by atoms with Gasteiger partial charge in [0.25, 0.3) is 0 Å². The Kier molecular flexibility index (Phi) is 3.70. The van der Waals surface area contributed by atoms with Gasteiger partial charge in [0.2, 0.25) is 0 Å². The van der Waals surface area contributed by atoms with Crippen LogP contribution < -0.4 is 5.32 Å². The average molecular weight is 223 g/mol. The molecule has 0 amide bonds. The van der Waals surface area contributed by atoms with Gasteiger partial charge in [-0.2, -0.15) is 9.64 Å². The Bertz CT molecular complexity index is 374. The fourth-order valence-corrected chi connectivity index (χ4v) is 1.81. The van der Waals surface area contributed by atoms with Gasteiger partial charge in [-0.15, -0.1) is 0 Å². The largest absolute Gasteiger partial charge is 0.374 e. The molecule has 0 radical (unpaired) electrons. The molecule has 1 aromatic heterocycles. The van der Waals surface area contributed by atoms with Crippen molar-refractivity contribution in [3.63, 3.8) is 0 Å². The minimum absolute atomic E-state index is 0.255. The second kappa shape index (κ2) is 4.63. The Morgan fingerprint density at radius 3 is 2.73 bits per heavy atom. The third-order valence-electron chi connectivity index (χ3n) is 2.66. The summed E-state index contributed by atoms with van der Waals surface area (Å²) < 4.78 is 4.17. The van der Waals surface area contributed by atoms with Gasteiger partial charge in [-0.1, -0.05) is 20.8 Å². The minimum Gasteiger partial charge on any atom is -0.374 e. The maximum atomic E-state index is 8.95. The molecule has 1 N–H and O–H groups in total. The molecule has 0 atom stereocenters. The summed E-state index contributed by atoms with van der Waals surface area (Å²) in [5.41, 5.74) is 1.76. The van der Waals surface area contributed by atoms with E-state index in [1.54, 1.807) is 0 Å². The molecule has 0 spiro atoms. The summed E-state index contributed by atoms with van der Waals surface area (Å²) in [5.74, 6) is 0. The first-order valence-corrected chi connectivity index (χ1v) is 5.88. The lowest BCUT2D eigenvalue weighted by Crippen LogP contribution is -2.21. The zero-order valence-corrected chi connectivity index (χ0v) is 10.5. The second-order valence-corrected chi connectivity index (χ2v) is 5.23. The number of aryl methyl sites for hydroxylation is 1. The maximum Gasteiger partial charge on any atom is 0.127 e. The highest BCUT2D eigenvalue weighted by Gasteiger charge is 2.17. The fourth-order valence-electron chi connectivity index (χ4n) is 1.07. The predicted octanol–water partition coefficient (Wildman–Crippen LogP) is 3.17. The van der Waals surface area contributed by atoms with Crippen LogP contribution in [0.1, 0.15) is 38.4 Å². The number of nitrogens with zero attached hydrogens (tertiary/aromatic N) is 2. The summed E-state index contributed by atoms with van der Waals surface area (Å²) in [4.78, 5) is 0. The van der Waals surface area contributed by atoms with Gasteiger partial charge in [-0.25, -0.2) is 0 Å². The minimum atomic E-state index is 0.255. The third kappa shape index (κ3) is 2.93. The lowest BCUT2D eigenvalue weighted by Gasteiger charge is -2.22. The van der Waals surface area contributed by atoms with Gasteiger partial charge < -0.3 is 5.32 Å². The van der Waals surface area contributed by atoms with Crippen molar-refractivity contribution in [2.75, 3.05) is 11.9 Å². The SMILES string of the molecule is CCC(C)(C)CNc1snc(C)c1C#N. The van der Waals surface area contributed by atoms with E-state index in [0.717, 1.165) is 23.7 Å². The molecule has 82 valence electrons. The molecule has 0 aliphatic heterocycles. The molecule has 0 saturated heterocycles. The molecule has 0 aromatic carbocycles. The number of hydrogen-bond acceptors (Lipinski definition) is 4. The van der Waals surface area contributed by atoms with E-state index < -0.39 is 0 Å². The summed E-state index contributed by atoms with van der Waals surface area (Å²) in [6, 6.07) is 2.18. The topological polar surface area (TPSA) is 48.7 Å². The first-order chi connectivity index (χ1) is 7.00. The molecule has 1 heterocycles. The van der Waals surface area contributed by atoms with E-state index in [1.807, 2.05) is 6.92 Å². The summed E-state index contributed by atoms with van der Waals surface area (Å²) in [6.07, 6.45) is 1.11. The molecular weight excluding hydrogens is 206 g/mol. The highest BCUT2D eigenvalue weighted by Crippen LogP contribution is 2.26. The van der Waals surface area contributed by atoms with Crippen molar-refractivity contribution in [1.29, 1.82) is 5.26 Å². The number of hydrogen-bond donors (Lipinski definition) is 1. The first-order valence-electron chi connectivity index (χ1n) is 5.10. The Morgan fingerprint density at radius 2 is 2.20 bits per heavy atom. The van der Waals surface area contributed by atoms with Crippen molar-refractivity contribution < 1.29 is 0 Å². The summed E-state index contributed by atoms with van der Waals surface area (Å²) >= 11 is 1.37. The van der Waals surface area contributed by atoms with E-state index in [4.69, 9.17) is 5.26 Å². The molecule has 0 bridgehead atoms. The van der Waals surface area contributed by atoms with E-state index in [-0.39, 0.29) is 5.41 Å². The van der Waals surface area contributed by atoms with Gasteiger partial charge in [0.1, 0.15) is 16.6 Å². The molecule has 1 aromatic rings. The number of anilines is 1. The lowest BCUT2D eigenvalue weighted by molar-refractivity contribution is 0.377.